The quantitative estimate of drug-likeness (QED) is 0.643. The molecule has 106 valence electrons. The predicted molar refractivity (Wildman–Crippen MR) is 93.6 cm³/mol. The topological polar surface area (TPSA) is 12.0 Å². The van der Waals surface area contributed by atoms with Crippen LogP contribution in [-0.2, 0) is 13.1 Å². The number of benzene rings is 3. The highest BCUT2D eigenvalue weighted by atomic mass is 79.9. The average molecular weight is 361 g/mol. The van der Waals surface area contributed by atoms with Crippen LogP contribution in [-0.4, -0.2) is 0 Å². The maximum atomic E-state index is 6.01. The molecule has 0 aromatic heterocycles. The summed E-state index contributed by atoms with van der Waals surface area (Å²) in [5, 5.41) is 6.83. The average Bonchev–Trinajstić information content (AvgIpc) is 2.51. The van der Waals surface area contributed by atoms with Gasteiger partial charge in [0.2, 0.25) is 0 Å². The molecule has 3 rings (SSSR count). The summed E-state index contributed by atoms with van der Waals surface area (Å²) >= 11 is 9.46. The minimum absolute atomic E-state index is 0.743. The zero-order valence-electron chi connectivity index (χ0n) is 11.4. The number of hydrogen-bond donors (Lipinski definition) is 1. The lowest BCUT2D eigenvalue weighted by molar-refractivity contribution is 0.696. The third kappa shape index (κ3) is 3.46. The summed E-state index contributed by atoms with van der Waals surface area (Å²) in [5.41, 5.74) is 2.53. The van der Waals surface area contributed by atoms with Gasteiger partial charge in [-0.3, -0.25) is 0 Å². The van der Waals surface area contributed by atoms with E-state index in [1.807, 2.05) is 12.1 Å². The van der Waals surface area contributed by atoms with Crippen LogP contribution in [0.4, 0.5) is 0 Å². The predicted octanol–water partition coefficient (Wildman–Crippen LogP) is 5.55. The lowest BCUT2D eigenvalue weighted by Crippen LogP contribution is -2.12. The van der Waals surface area contributed by atoms with E-state index in [1.54, 1.807) is 0 Å². The standard InChI is InChI=1S/C18H15BrClN/c19-17-10-13(8-9-18(17)20)11-21-12-15-6-3-5-14-4-1-2-7-16(14)15/h1-10,21H,11-12H2. The largest absolute Gasteiger partial charge is 0.309 e. The Labute approximate surface area is 138 Å². The Hall–Kier alpha value is -1.35. The minimum Gasteiger partial charge on any atom is -0.309 e. The Bertz CT molecular complexity index is 765. The second kappa shape index (κ2) is 6.61. The first-order chi connectivity index (χ1) is 10.2. The summed E-state index contributed by atoms with van der Waals surface area (Å²) in [4.78, 5) is 0. The monoisotopic (exact) mass is 359 g/mol. The molecule has 0 saturated carbocycles. The zero-order valence-corrected chi connectivity index (χ0v) is 13.8. The molecule has 0 atom stereocenters. The third-order valence-corrected chi connectivity index (χ3v) is 4.72. The Kier molecular flexibility index (Phi) is 4.59. The number of halogens is 2. The van der Waals surface area contributed by atoms with Crippen molar-refractivity contribution in [2.45, 2.75) is 13.1 Å². The van der Waals surface area contributed by atoms with Gasteiger partial charge in [-0.2, -0.15) is 0 Å². The molecule has 0 heterocycles. The van der Waals surface area contributed by atoms with Crippen molar-refractivity contribution in [3.8, 4) is 0 Å². The van der Waals surface area contributed by atoms with Crippen LogP contribution in [0.1, 0.15) is 11.1 Å². The van der Waals surface area contributed by atoms with Crippen LogP contribution >= 0.6 is 27.5 Å². The smallest absolute Gasteiger partial charge is 0.0548 e. The van der Waals surface area contributed by atoms with E-state index in [0.717, 1.165) is 22.6 Å². The highest BCUT2D eigenvalue weighted by Crippen LogP contribution is 2.23. The van der Waals surface area contributed by atoms with Crippen molar-refractivity contribution in [3.63, 3.8) is 0 Å². The fraction of sp³-hybridized carbons (Fsp3) is 0.111. The van der Waals surface area contributed by atoms with Gasteiger partial charge < -0.3 is 5.32 Å². The van der Waals surface area contributed by atoms with Crippen LogP contribution < -0.4 is 5.32 Å². The van der Waals surface area contributed by atoms with E-state index >= 15 is 0 Å². The van der Waals surface area contributed by atoms with Gasteiger partial charge in [0.25, 0.3) is 0 Å². The molecule has 0 radical (unpaired) electrons. The van der Waals surface area contributed by atoms with Crippen LogP contribution in [0.15, 0.2) is 65.1 Å². The molecular formula is C18H15BrClN. The van der Waals surface area contributed by atoms with E-state index in [0.29, 0.717) is 0 Å². The highest BCUT2D eigenvalue weighted by molar-refractivity contribution is 9.10. The Morgan fingerprint density at radius 3 is 2.57 bits per heavy atom. The molecule has 0 fully saturated rings. The molecule has 0 amide bonds. The molecule has 0 spiro atoms. The molecule has 21 heavy (non-hydrogen) atoms. The molecule has 0 saturated heterocycles. The minimum atomic E-state index is 0.743. The van der Waals surface area contributed by atoms with E-state index in [-0.39, 0.29) is 0 Å². The van der Waals surface area contributed by atoms with Crippen molar-refractivity contribution in [3.05, 3.63) is 81.3 Å². The van der Waals surface area contributed by atoms with Crippen LogP contribution in [0.25, 0.3) is 10.8 Å². The first-order valence-electron chi connectivity index (χ1n) is 6.85. The SMILES string of the molecule is Clc1ccc(CNCc2cccc3ccccc23)cc1Br. The first kappa shape index (κ1) is 14.6. The second-order valence-electron chi connectivity index (χ2n) is 4.99. The highest BCUT2D eigenvalue weighted by Gasteiger charge is 2.01. The maximum Gasteiger partial charge on any atom is 0.0548 e. The lowest BCUT2D eigenvalue weighted by Gasteiger charge is -2.09. The Morgan fingerprint density at radius 2 is 1.71 bits per heavy atom. The summed E-state index contributed by atoms with van der Waals surface area (Å²) in [6, 6.07) is 20.9. The van der Waals surface area contributed by atoms with Crippen LogP contribution in [0.5, 0.6) is 0 Å². The van der Waals surface area contributed by atoms with Crippen molar-refractivity contribution in [2.75, 3.05) is 0 Å². The molecule has 3 aromatic rings. The van der Waals surface area contributed by atoms with Crippen molar-refractivity contribution in [2.24, 2.45) is 0 Å². The van der Waals surface area contributed by atoms with Gasteiger partial charge in [-0.15, -0.1) is 0 Å². The van der Waals surface area contributed by atoms with Gasteiger partial charge in [0.1, 0.15) is 0 Å². The molecule has 0 aliphatic rings. The van der Waals surface area contributed by atoms with Crippen LogP contribution in [0.2, 0.25) is 5.02 Å². The maximum absolute atomic E-state index is 6.01. The van der Waals surface area contributed by atoms with E-state index in [2.05, 4.69) is 69.8 Å². The van der Waals surface area contributed by atoms with Gasteiger partial charge in [-0.05, 0) is 50.0 Å². The molecular weight excluding hydrogens is 346 g/mol. The zero-order chi connectivity index (χ0) is 14.7. The van der Waals surface area contributed by atoms with Gasteiger partial charge in [0.05, 0.1) is 5.02 Å². The fourth-order valence-electron chi connectivity index (χ4n) is 2.44. The van der Waals surface area contributed by atoms with Gasteiger partial charge in [-0.25, -0.2) is 0 Å². The van der Waals surface area contributed by atoms with Crippen LogP contribution in [0, 0.1) is 0 Å². The van der Waals surface area contributed by atoms with Crippen molar-refractivity contribution in [1.82, 2.24) is 5.32 Å². The third-order valence-electron chi connectivity index (χ3n) is 3.51. The lowest BCUT2D eigenvalue weighted by atomic mass is 10.0. The van der Waals surface area contributed by atoms with E-state index in [9.17, 15) is 0 Å². The van der Waals surface area contributed by atoms with E-state index in [1.165, 1.54) is 21.9 Å². The second-order valence-corrected chi connectivity index (χ2v) is 6.25. The molecule has 0 unspecified atom stereocenters. The number of fused-ring (bicyclic) bond motifs is 1. The number of hydrogen-bond acceptors (Lipinski definition) is 1. The van der Waals surface area contributed by atoms with Gasteiger partial charge in [0, 0.05) is 17.6 Å². The van der Waals surface area contributed by atoms with Gasteiger partial charge >= 0.3 is 0 Å². The van der Waals surface area contributed by atoms with Crippen molar-refractivity contribution >= 4 is 38.3 Å². The fourth-order valence-corrected chi connectivity index (χ4v) is 2.98. The first-order valence-corrected chi connectivity index (χ1v) is 8.02. The van der Waals surface area contributed by atoms with Crippen molar-refractivity contribution in [1.29, 1.82) is 0 Å². The van der Waals surface area contributed by atoms with E-state index in [4.69, 9.17) is 11.6 Å². The molecule has 3 heteroatoms. The summed E-state index contributed by atoms with van der Waals surface area (Å²) in [6.07, 6.45) is 0. The summed E-state index contributed by atoms with van der Waals surface area (Å²) in [6.45, 7) is 1.67. The summed E-state index contributed by atoms with van der Waals surface area (Å²) in [7, 11) is 0. The van der Waals surface area contributed by atoms with Gasteiger partial charge in [0.15, 0.2) is 0 Å². The molecule has 0 aliphatic carbocycles. The number of rotatable bonds is 4. The normalized spacial score (nSPS) is 11.0. The van der Waals surface area contributed by atoms with Gasteiger partial charge in [-0.1, -0.05) is 60.1 Å². The van der Waals surface area contributed by atoms with Crippen LogP contribution in [0.3, 0.4) is 0 Å². The summed E-state index contributed by atoms with van der Waals surface area (Å²) in [5.74, 6) is 0. The molecule has 0 aliphatic heterocycles. The molecule has 1 nitrogen and oxygen atoms in total. The Morgan fingerprint density at radius 1 is 0.905 bits per heavy atom. The molecule has 3 aromatic carbocycles. The molecule has 1 N–H and O–H groups in total. The summed E-state index contributed by atoms with van der Waals surface area (Å²) < 4.78 is 0.939. The van der Waals surface area contributed by atoms with E-state index < -0.39 is 0 Å². The molecule has 0 bridgehead atoms. The number of nitrogens with one attached hydrogen (secondary N) is 1. The Balaban J connectivity index is 1.70. The van der Waals surface area contributed by atoms with Crippen molar-refractivity contribution < 1.29 is 0 Å².